The number of benzene rings is 2. The SMILES string of the molecule is O=C(Nc1nn(Cc2ccc(C(F)(F)F)cc2)c2ccccc12)c1csc(Cl)n1. The summed E-state index contributed by atoms with van der Waals surface area (Å²) in [5, 5.41) is 9.39. The maximum atomic E-state index is 12.8. The Kier molecular flexibility index (Phi) is 5.01. The van der Waals surface area contributed by atoms with Gasteiger partial charge in [0, 0.05) is 10.8 Å². The second-order valence-electron chi connectivity index (χ2n) is 6.16. The Hall–Kier alpha value is -2.91. The van der Waals surface area contributed by atoms with Crippen LogP contribution in [0, 0.1) is 0 Å². The van der Waals surface area contributed by atoms with Crippen LogP contribution in [-0.2, 0) is 12.7 Å². The summed E-state index contributed by atoms with van der Waals surface area (Å²) in [5.74, 6) is -0.111. The molecule has 0 aliphatic rings. The molecule has 0 aliphatic heterocycles. The van der Waals surface area contributed by atoms with E-state index in [4.69, 9.17) is 11.6 Å². The van der Waals surface area contributed by atoms with Crippen molar-refractivity contribution in [2.24, 2.45) is 0 Å². The lowest BCUT2D eigenvalue weighted by atomic mass is 10.1. The molecule has 29 heavy (non-hydrogen) atoms. The average Bonchev–Trinajstić information content (AvgIpc) is 3.26. The topological polar surface area (TPSA) is 59.8 Å². The molecular formula is C19H12ClF3N4OS. The van der Waals surface area contributed by atoms with E-state index < -0.39 is 17.6 Å². The number of nitrogens with one attached hydrogen (secondary N) is 1. The Morgan fingerprint density at radius 1 is 1.14 bits per heavy atom. The lowest BCUT2D eigenvalue weighted by Crippen LogP contribution is -2.13. The largest absolute Gasteiger partial charge is 0.416 e. The molecule has 148 valence electrons. The third-order valence-electron chi connectivity index (χ3n) is 4.21. The standard InChI is InChI=1S/C19H12ClF3N4OS/c20-18-24-14(10-29-18)17(28)25-16-13-3-1-2-4-15(13)27(26-16)9-11-5-7-12(8-6-11)19(21,22)23/h1-8,10H,9H2,(H,25,26,28). The Morgan fingerprint density at radius 2 is 1.86 bits per heavy atom. The van der Waals surface area contributed by atoms with Crippen LogP contribution in [0.3, 0.4) is 0 Å². The van der Waals surface area contributed by atoms with Gasteiger partial charge in [-0.15, -0.1) is 11.3 Å². The van der Waals surface area contributed by atoms with Crippen LogP contribution in [0.25, 0.3) is 10.9 Å². The molecule has 0 atom stereocenters. The number of hydrogen-bond acceptors (Lipinski definition) is 4. The Morgan fingerprint density at radius 3 is 2.52 bits per heavy atom. The van der Waals surface area contributed by atoms with Crippen molar-refractivity contribution in [2.45, 2.75) is 12.7 Å². The zero-order valence-electron chi connectivity index (χ0n) is 14.6. The highest BCUT2D eigenvalue weighted by atomic mass is 35.5. The summed E-state index contributed by atoms with van der Waals surface area (Å²) < 4.78 is 40.1. The Labute approximate surface area is 171 Å². The Balaban J connectivity index is 1.63. The van der Waals surface area contributed by atoms with Gasteiger partial charge in [-0.2, -0.15) is 18.3 Å². The van der Waals surface area contributed by atoms with Crippen LogP contribution in [-0.4, -0.2) is 20.7 Å². The number of hydrogen-bond donors (Lipinski definition) is 1. The molecule has 0 radical (unpaired) electrons. The monoisotopic (exact) mass is 436 g/mol. The van der Waals surface area contributed by atoms with Gasteiger partial charge < -0.3 is 5.32 Å². The van der Waals surface area contributed by atoms with Gasteiger partial charge in [0.2, 0.25) is 0 Å². The van der Waals surface area contributed by atoms with E-state index >= 15 is 0 Å². The zero-order chi connectivity index (χ0) is 20.6. The summed E-state index contributed by atoms with van der Waals surface area (Å²) in [6.45, 7) is 0.247. The molecule has 4 aromatic rings. The van der Waals surface area contributed by atoms with Crippen molar-refractivity contribution < 1.29 is 18.0 Å². The second kappa shape index (κ2) is 7.49. The molecular weight excluding hydrogens is 425 g/mol. The van der Waals surface area contributed by atoms with Crippen LogP contribution in [0.15, 0.2) is 53.9 Å². The quantitative estimate of drug-likeness (QED) is 0.461. The van der Waals surface area contributed by atoms with Crippen LogP contribution in [0.4, 0.5) is 19.0 Å². The number of nitrogens with zero attached hydrogens (tertiary/aromatic N) is 3. The molecule has 4 rings (SSSR count). The molecule has 0 aliphatic carbocycles. The highest BCUT2D eigenvalue weighted by Crippen LogP contribution is 2.30. The minimum absolute atomic E-state index is 0.182. The van der Waals surface area contributed by atoms with Gasteiger partial charge in [-0.05, 0) is 29.8 Å². The maximum Gasteiger partial charge on any atom is 0.416 e. The average molecular weight is 437 g/mol. The normalized spacial score (nSPS) is 11.7. The number of rotatable bonds is 4. The van der Waals surface area contributed by atoms with E-state index in [1.54, 1.807) is 16.1 Å². The second-order valence-corrected chi connectivity index (χ2v) is 7.60. The molecule has 1 amide bonds. The number of carbonyl (C=O) groups excluding carboxylic acids is 1. The first-order valence-electron chi connectivity index (χ1n) is 8.35. The highest BCUT2D eigenvalue weighted by molar-refractivity contribution is 7.14. The number of fused-ring (bicyclic) bond motifs is 1. The van der Waals surface area contributed by atoms with E-state index in [1.807, 2.05) is 18.2 Å². The fourth-order valence-electron chi connectivity index (χ4n) is 2.84. The first-order chi connectivity index (χ1) is 13.8. The van der Waals surface area contributed by atoms with Crippen LogP contribution >= 0.6 is 22.9 Å². The summed E-state index contributed by atoms with van der Waals surface area (Å²) in [6, 6.07) is 12.1. The maximum absolute atomic E-state index is 12.8. The minimum Gasteiger partial charge on any atom is -0.303 e. The number of carbonyl (C=O) groups is 1. The number of alkyl halides is 3. The van der Waals surface area contributed by atoms with Gasteiger partial charge in [-0.1, -0.05) is 35.9 Å². The number of amides is 1. The molecule has 2 aromatic carbocycles. The molecule has 0 spiro atoms. The molecule has 0 bridgehead atoms. The van der Waals surface area contributed by atoms with E-state index in [-0.39, 0.29) is 16.7 Å². The van der Waals surface area contributed by atoms with Crippen LogP contribution in [0.2, 0.25) is 4.47 Å². The molecule has 0 fully saturated rings. The van der Waals surface area contributed by atoms with Crippen molar-refractivity contribution in [1.29, 1.82) is 0 Å². The lowest BCUT2D eigenvalue weighted by molar-refractivity contribution is -0.137. The van der Waals surface area contributed by atoms with Crippen molar-refractivity contribution in [3.05, 3.63) is 75.2 Å². The van der Waals surface area contributed by atoms with Gasteiger partial charge in [0.15, 0.2) is 10.3 Å². The molecule has 2 heterocycles. The molecule has 0 saturated carbocycles. The van der Waals surface area contributed by atoms with Gasteiger partial charge >= 0.3 is 6.18 Å². The smallest absolute Gasteiger partial charge is 0.303 e. The Bertz CT molecular complexity index is 1180. The fraction of sp³-hybridized carbons (Fsp3) is 0.105. The molecule has 10 heteroatoms. The molecule has 5 nitrogen and oxygen atoms in total. The number of halogens is 4. The fourth-order valence-corrected chi connectivity index (χ4v) is 3.58. The minimum atomic E-state index is -4.38. The van der Waals surface area contributed by atoms with E-state index in [9.17, 15) is 18.0 Å². The molecule has 1 N–H and O–H groups in total. The van der Waals surface area contributed by atoms with Crippen LogP contribution in [0.1, 0.15) is 21.6 Å². The number of thiazole rings is 1. The third kappa shape index (κ3) is 4.10. The summed E-state index contributed by atoms with van der Waals surface area (Å²) in [7, 11) is 0. The van der Waals surface area contributed by atoms with Crippen molar-refractivity contribution >= 4 is 45.6 Å². The summed E-state index contributed by atoms with van der Waals surface area (Å²) >= 11 is 6.92. The summed E-state index contributed by atoms with van der Waals surface area (Å²) in [5.41, 5.74) is 0.859. The first-order valence-corrected chi connectivity index (χ1v) is 9.61. The highest BCUT2D eigenvalue weighted by Gasteiger charge is 2.30. The van der Waals surface area contributed by atoms with Gasteiger partial charge in [-0.3, -0.25) is 9.48 Å². The number of anilines is 1. The van der Waals surface area contributed by atoms with Gasteiger partial charge in [-0.25, -0.2) is 4.98 Å². The molecule has 0 saturated heterocycles. The summed E-state index contributed by atoms with van der Waals surface area (Å²) in [6.07, 6.45) is -4.38. The van der Waals surface area contributed by atoms with Crippen LogP contribution in [0.5, 0.6) is 0 Å². The van der Waals surface area contributed by atoms with Gasteiger partial charge in [0.1, 0.15) is 5.69 Å². The van der Waals surface area contributed by atoms with Crippen molar-refractivity contribution in [3.63, 3.8) is 0 Å². The van der Waals surface area contributed by atoms with Gasteiger partial charge in [0.25, 0.3) is 5.91 Å². The van der Waals surface area contributed by atoms with Crippen molar-refractivity contribution in [1.82, 2.24) is 14.8 Å². The first kappa shape index (κ1) is 19.4. The third-order valence-corrected chi connectivity index (χ3v) is 5.19. The van der Waals surface area contributed by atoms with Crippen molar-refractivity contribution in [2.75, 3.05) is 5.32 Å². The zero-order valence-corrected chi connectivity index (χ0v) is 16.1. The summed E-state index contributed by atoms with van der Waals surface area (Å²) in [4.78, 5) is 16.3. The van der Waals surface area contributed by atoms with E-state index in [2.05, 4.69) is 15.4 Å². The van der Waals surface area contributed by atoms with E-state index in [0.29, 0.717) is 16.8 Å². The van der Waals surface area contributed by atoms with E-state index in [1.165, 1.54) is 12.1 Å². The number of aromatic nitrogens is 3. The van der Waals surface area contributed by atoms with Gasteiger partial charge in [0.05, 0.1) is 17.6 Å². The lowest BCUT2D eigenvalue weighted by Gasteiger charge is -2.08. The van der Waals surface area contributed by atoms with E-state index in [0.717, 1.165) is 29.0 Å². The molecule has 0 unspecified atom stereocenters. The predicted octanol–water partition coefficient (Wildman–Crippen LogP) is 5.47. The number of para-hydroxylation sites is 1. The van der Waals surface area contributed by atoms with Crippen molar-refractivity contribution in [3.8, 4) is 0 Å². The molecule has 2 aromatic heterocycles. The predicted molar refractivity (Wildman–Crippen MR) is 105 cm³/mol. The van der Waals surface area contributed by atoms with Crippen LogP contribution < -0.4 is 5.32 Å².